The van der Waals surface area contributed by atoms with Crippen molar-refractivity contribution in [1.82, 2.24) is 0 Å². The predicted molar refractivity (Wildman–Crippen MR) is 265 cm³/mol. The first-order valence-corrected chi connectivity index (χ1v) is 27.0. The molecule has 0 radical (unpaired) electrons. The fraction of sp³-hybridized carbons (Fsp3) is 0.857. The van der Waals surface area contributed by atoms with Gasteiger partial charge in [0.25, 0.3) is 0 Å². The van der Waals surface area contributed by atoms with Gasteiger partial charge in [-0.15, -0.1) is 0 Å². The molecule has 0 aliphatic heterocycles. The van der Waals surface area contributed by atoms with Crippen LogP contribution in [-0.2, 0) is 19.1 Å². The molecule has 0 aromatic heterocycles. The van der Waals surface area contributed by atoms with E-state index in [4.69, 9.17) is 9.47 Å². The third kappa shape index (κ3) is 50.6. The van der Waals surface area contributed by atoms with E-state index in [1.54, 1.807) is 0 Å². The van der Waals surface area contributed by atoms with Gasteiger partial charge in [-0.05, 0) is 70.6 Å². The number of unbranched alkanes of at least 4 members (excludes halogenated alkanes) is 36. The smallest absolute Gasteiger partial charge is 0.306 e. The van der Waals surface area contributed by atoms with E-state index in [0.717, 1.165) is 51.4 Å². The Morgan fingerprint density at radius 2 is 0.656 bits per heavy atom. The maximum Gasteiger partial charge on any atom is 0.306 e. The first-order valence-electron chi connectivity index (χ1n) is 27.0. The zero-order valence-electron chi connectivity index (χ0n) is 40.9. The maximum atomic E-state index is 12.3. The molecule has 0 bridgehead atoms. The highest BCUT2D eigenvalue weighted by atomic mass is 16.6. The molecule has 0 aliphatic carbocycles. The van der Waals surface area contributed by atoms with Crippen molar-refractivity contribution in [3.63, 3.8) is 0 Å². The van der Waals surface area contributed by atoms with Crippen molar-refractivity contribution in [2.45, 2.75) is 296 Å². The monoisotopic (exact) mass is 857 g/mol. The van der Waals surface area contributed by atoms with E-state index >= 15 is 0 Å². The fourth-order valence-corrected chi connectivity index (χ4v) is 8.05. The van der Waals surface area contributed by atoms with Gasteiger partial charge in [-0.25, -0.2) is 0 Å². The summed E-state index contributed by atoms with van der Waals surface area (Å²) in [5.41, 5.74) is 0. The Hall–Kier alpha value is -1.88. The molecule has 0 aliphatic rings. The van der Waals surface area contributed by atoms with Crippen LogP contribution in [0.1, 0.15) is 290 Å². The molecule has 1 atom stereocenters. The van der Waals surface area contributed by atoms with E-state index in [-0.39, 0.29) is 25.2 Å². The number of hydrogen-bond donors (Lipinski definition) is 1. The molecule has 0 aromatic carbocycles. The van der Waals surface area contributed by atoms with Gasteiger partial charge in [0.15, 0.2) is 6.10 Å². The third-order valence-corrected chi connectivity index (χ3v) is 12.2. The number of carbonyl (C=O) groups is 2. The average Bonchev–Trinajstić information content (AvgIpc) is 3.26. The van der Waals surface area contributed by atoms with Crippen molar-refractivity contribution >= 4 is 11.9 Å². The lowest BCUT2D eigenvalue weighted by Gasteiger charge is -2.15. The molecule has 1 N–H and O–H groups in total. The van der Waals surface area contributed by atoms with Crippen molar-refractivity contribution < 1.29 is 24.2 Å². The van der Waals surface area contributed by atoms with Crippen LogP contribution in [0.25, 0.3) is 0 Å². The molecule has 1 unspecified atom stereocenters. The van der Waals surface area contributed by atoms with Crippen LogP contribution in [0.5, 0.6) is 0 Å². The Morgan fingerprint density at radius 1 is 0.377 bits per heavy atom. The molecule has 5 nitrogen and oxygen atoms in total. The minimum atomic E-state index is -0.772. The number of hydrogen-bond acceptors (Lipinski definition) is 5. The van der Waals surface area contributed by atoms with Crippen molar-refractivity contribution in [3.8, 4) is 0 Å². The van der Waals surface area contributed by atoms with Gasteiger partial charge < -0.3 is 14.6 Å². The van der Waals surface area contributed by atoms with E-state index < -0.39 is 6.10 Å². The molecule has 5 heteroatoms. The van der Waals surface area contributed by atoms with Gasteiger partial charge in [0, 0.05) is 12.8 Å². The Balaban J connectivity index is 3.41. The highest BCUT2D eigenvalue weighted by Crippen LogP contribution is 2.17. The highest BCUT2D eigenvalue weighted by Gasteiger charge is 2.16. The number of allylic oxidation sites excluding steroid dienone is 6. The Bertz CT molecular complexity index is 970. The molecule has 0 fully saturated rings. The van der Waals surface area contributed by atoms with Gasteiger partial charge in [0.2, 0.25) is 0 Å². The summed E-state index contributed by atoms with van der Waals surface area (Å²) in [6.45, 7) is 4.14. The molecule has 0 spiro atoms. The van der Waals surface area contributed by atoms with Crippen LogP contribution in [0.2, 0.25) is 0 Å². The van der Waals surface area contributed by atoms with E-state index in [0.29, 0.717) is 12.8 Å². The first-order chi connectivity index (χ1) is 30.1. The van der Waals surface area contributed by atoms with Gasteiger partial charge in [-0.3, -0.25) is 9.59 Å². The van der Waals surface area contributed by atoms with E-state index in [9.17, 15) is 14.7 Å². The van der Waals surface area contributed by atoms with Crippen LogP contribution in [-0.4, -0.2) is 36.4 Å². The van der Waals surface area contributed by atoms with Gasteiger partial charge >= 0.3 is 11.9 Å². The van der Waals surface area contributed by atoms with Gasteiger partial charge in [0.05, 0.1) is 6.61 Å². The summed E-state index contributed by atoms with van der Waals surface area (Å²) < 4.78 is 10.7. The predicted octanol–water partition coefficient (Wildman–Crippen LogP) is 17.9. The van der Waals surface area contributed by atoms with Crippen LogP contribution >= 0.6 is 0 Å². The maximum absolute atomic E-state index is 12.3. The largest absolute Gasteiger partial charge is 0.462 e. The van der Waals surface area contributed by atoms with Crippen LogP contribution < -0.4 is 0 Å². The van der Waals surface area contributed by atoms with Crippen LogP contribution in [0.4, 0.5) is 0 Å². The quantitative estimate of drug-likeness (QED) is 0.0375. The summed E-state index contributed by atoms with van der Waals surface area (Å²) in [5, 5.41) is 9.61. The summed E-state index contributed by atoms with van der Waals surface area (Å²) in [6, 6.07) is 0. The van der Waals surface area contributed by atoms with Crippen molar-refractivity contribution in [2.75, 3.05) is 13.2 Å². The first kappa shape index (κ1) is 59.1. The van der Waals surface area contributed by atoms with Gasteiger partial charge in [-0.2, -0.15) is 0 Å². The normalized spacial score (nSPS) is 12.4. The SMILES string of the molecule is CCCCCCC/C=C\C/C=C\CCCCCCCCCCCCCCCCCCCCCCCC(=O)OC(CO)COC(=O)CCCCCCC/C=C\CCCCCCC. The number of esters is 2. The number of rotatable bonds is 50. The van der Waals surface area contributed by atoms with Gasteiger partial charge in [0.1, 0.15) is 6.61 Å². The van der Waals surface area contributed by atoms with Crippen LogP contribution in [0.15, 0.2) is 36.5 Å². The summed E-state index contributed by atoms with van der Waals surface area (Å²) in [6.07, 6.45) is 66.9. The second kappa shape index (κ2) is 52.5. The van der Waals surface area contributed by atoms with Crippen molar-refractivity contribution in [3.05, 3.63) is 36.5 Å². The molecule has 61 heavy (non-hydrogen) atoms. The van der Waals surface area contributed by atoms with E-state index in [1.807, 2.05) is 0 Å². The van der Waals surface area contributed by atoms with Crippen molar-refractivity contribution in [1.29, 1.82) is 0 Å². The standard InChI is InChI=1S/C56H104O5/c1-3-5-7-9-11-13-15-17-19-20-21-22-23-24-25-26-27-28-29-30-31-32-33-34-35-36-37-39-41-43-45-47-49-51-56(59)61-54(52-57)53-60-55(58)50-48-46-44-42-40-38-18-16-14-12-10-8-6-4-2/h15-18,20-21,54,57H,3-14,19,22-53H2,1-2H3/b17-15-,18-16-,21-20-. The Kier molecular flexibility index (Phi) is 50.8. The molecule has 0 saturated heterocycles. The van der Waals surface area contributed by atoms with Gasteiger partial charge in [-0.1, -0.05) is 243 Å². The highest BCUT2D eigenvalue weighted by molar-refractivity contribution is 5.70. The Labute approximate surface area is 380 Å². The molecule has 0 rings (SSSR count). The lowest BCUT2D eigenvalue weighted by atomic mass is 10.0. The number of carbonyl (C=O) groups excluding carboxylic acids is 2. The molecule has 358 valence electrons. The molecule has 0 heterocycles. The Morgan fingerprint density at radius 3 is 0.984 bits per heavy atom. The zero-order valence-corrected chi connectivity index (χ0v) is 40.9. The minimum absolute atomic E-state index is 0.0660. The third-order valence-electron chi connectivity index (χ3n) is 12.2. The summed E-state index contributed by atoms with van der Waals surface area (Å²) in [5.74, 6) is -0.588. The number of aliphatic hydroxyl groups excluding tert-OH is 1. The van der Waals surface area contributed by atoms with Crippen LogP contribution in [0, 0.1) is 0 Å². The van der Waals surface area contributed by atoms with E-state index in [2.05, 4.69) is 50.3 Å². The van der Waals surface area contributed by atoms with Crippen molar-refractivity contribution in [2.24, 2.45) is 0 Å². The molecule has 0 amide bonds. The summed E-state index contributed by atoms with van der Waals surface area (Å²) in [7, 11) is 0. The lowest BCUT2D eigenvalue weighted by molar-refractivity contribution is -0.161. The molecular formula is C56H104O5. The fourth-order valence-electron chi connectivity index (χ4n) is 8.05. The van der Waals surface area contributed by atoms with E-state index in [1.165, 1.54) is 212 Å². The zero-order chi connectivity index (χ0) is 44.2. The number of ether oxygens (including phenoxy) is 2. The molecular weight excluding hydrogens is 753 g/mol. The number of aliphatic hydroxyl groups is 1. The second-order valence-electron chi connectivity index (χ2n) is 18.3. The summed E-state index contributed by atoms with van der Waals surface area (Å²) in [4.78, 5) is 24.4. The molecule has 0 aromatic rings. The minimum Gasteiger partial charge on any atom is -0.462 e. The lowest BCUT2D eigenvalue weighted by Crippen LogP contribution is -2.28. The van der Waals surface area contributed by atoms with Crippen LogP contribution in [0.3, 0.4) is 0 Å². The topological polar surface area (TPSA) is 72.8 Å². The average molecular weight is 857 g/mol. The second-order valence-corrected chi connectivity index (χ2v) is 18.3. The molecule has 0 saturated carbocycles. The summed E-state index contributed by atoms with van der Waals surface area (Å²) >= 11 is 0.